The maximum absolute atomic E-state index is 12.9. The number of carbonyl (C=O) groups is 2. The van der Waals surface area contributed by atoms with Crippen LogP contribution in [0, 0.1) is 0 Å². The summed E-state index contributed by atoms with van der Waals surface area (Å²) in [7, 11) is 0. The van der Waals surface area contributed by atoms with E-state index in [1.807, 2.05) is 44.2 Å². The third kappa shape index (κ3) is 3.09. The van der Waals surface area contributed by atoms with E-state index in [0.29, 0.717) is 6.42 Å². The molecule has 21 heavy (non-hydrogen) atoms. The molecule has 3 unspecified atom stereocenters. The standard InChI is InChI=1S/C17H24N2O2/c1-4-9-12(3)19-14(5-2)16(20)18-15(17(19)21)13-10-7-6-8-11-13/h6-8,10-12,14-15H,4-5,9H2,1-3H3,(H,18,20). The third-order valence-electron chi connectivity index (χ3n) is 4.13. The van der Waals surface area contributed by atoms with Crippen molar-refractivity contribution in [3.05, 3.63) is 35.9 Å². The molecular weight excluding hydrogens is 264 g/mol. The predicted octanol–water partition coefficient (Wildman–Crippen LogP) is 2.65. The number of nitrogens with one attached hydrogen (secondary N) is 1. The molecule has 4 heteroatoms. The topological polar surface area (TPSA) is 49.4 Å². The van der Waals surface area contributed by atoms with Crippen LogP contribution in [0.4, 0.5) is 0 Å². The molecule has 1 heterocycles. The molecule has 0 radical (unpaired) electrons. The highest BCUT2D eigenvalue weighted by atomic mass is 16.2. The van der Waals surface area contributed by atoms with Gasteiger partial charge in [0, 0.05) is 6.04 Å². The first-order valence-electron chi connectivity index (χ1n) is 7.77. The number of nitrogens with zero attached hydrogens (tertiary/aromatic N) is 1. The number of carbonyl (C=O) groups excluding carboxylic acids is 2. The van der Waals surface area contributed by atoms with Crippen LogP contribution in [0.15, 0.2) is 30.3 Å². The van der Waals surface area contributed by atoms with Gasteiger partial charge in [-0.3, -0.25) is 9.59 Å². The quantitative estimate of drug-likeness (QED) is 0.905. The number of benzene rings is 1. The summed E-state index contributed by atoms with van der Waals surface area (Å²) in [5.41, 5.74) is 0.846. The van der Waals surface area contributed by atoms with Crippen LogP contribution in [0.2, 0.25) is 0 Å². The number of piperazine rings is 1. The van der Waals surface area contributed by atoms with Crippen molar-refractivity contribution in [1.29, 1.82) is 0 Å². The minimum absolute atomic E-state index is 0.00796. The molecule has 0 aliphatic carbocycles. The van der Waals surface area contributed by atoms with Gasteiger partial charge in [0.05, 0.1) is 0 Å². The van der Waals surface area contributed by atoms with Crippen LogP contribution in [0.25, 0.3) is 0 Å². The van der Waals surface area contributed by atoms with Crippen LogP contribution < -0.4 is 5.32 Å². The van der Waals surface area contributed by atoms with E-state index >= 15 is 0 Å². The van der Waals surface area contributed by atoms with Gasteiger partial charge in [-0.15, -0.1) is 0 Å². The van der Waals surface area contributed by atoms with Gasteiger partial charge >= 0.3 is 0 Å². The molecular formula is C17H24N2O2. The van der Waals surface area contributed by atoms with E-state index in [1.54, 1.807) is 4.90 Å². The zero-order chi connectivity index (χ0) is 15.4. The molecule has 0 spiro atoms. The van der Waals surface area contributed by atoms with Crippen LogP contribution in [0.3, 0.4) is 0 Å². The summed E-state index contributed by atoms with van der Waals surface area (Å²) >= 11 is 0. The molecule has 2 rings (SSSR count). The zero-order valence-electron chi connectivity index (χ0n) is 13.0. The average molecular weight is 288 g/mol. The van der Waals surface area contributed by atoms with Crippen molar-refractivity contribution in [2.24, 2.45) is 0 Å². The molecule has 1 N–H and O–H groups in total. The molecule has 1 saturated heterocycles. The second kappa shape index (κ2) is 6.74. The molecule has 1 aliphatic heterocycles. The maximum atomic E-state index is 12.9. The summed E-state index contributed by atoms with van der Waals surface area (Å²) in [5, 5.41) is 2.88. The third-order valence-corrected chi connectivity index (χ3v) is 4.13. The van der Waals surface area contributed by atoms with Gasteiger partial charge in [-0.05, 0) is 25.3 Å². The lowest BCUT2D eigenvalue weighted by molar-refractivity contribution is -0.152. The smallest absolute Gasteiger partial charge is 0.250 e. The lowest BCUT2D eigenvalue weighted by Gasteiger charge is -2.42. The van der Waals surface area contributed by atoms with Gasteiger partial charge in [0.1, 0.15) is 12.1 Å². The number of hydrogen-bond acceptors (Lipinski definition) is 2. The molecule has 114 valence electrons. The molecule has 4 nitrogen and oxygen atoms in total. The minimum atomic E-state index is -0.555. The van der Waals surface area contributed by atoms with E-state index < -0.39 is 6.04 Å². The number of amides is 2. The molecule has 2 amide bonds. The van der Waals surface area contributed by atoms with Crippen molar-refractivity contribution in [3.63, 3.8) is 0 Å². The van der Waals surface area contributed by atoms with Crippen LogP contribution in [0.5, 0.6) is 0 Å². The normalized spacial score (nSPS) is 23.9. The van der Waals surface area contributed by atoms with Crippen LogP contribution in [-0.4, -0.2) is 28.8 Å². The van der Waals surface area contributed by atoms with Crippen molar-refractivity contribution in [1.82, 2.24) is 10.2 Å². The Morgan fingerprint density at radius 1 is 1.19 bits per heavy atom. The number of hydrogen-bond donors (Lipinski definition) is 1. The SMILES string of the molecule is CCCC(C)N1C(=O)C(c2ccccc2)NC(=O)C1CC. The van der Waals surface area contributed by atoms with Crippen molar-refractivity contribution in [3.8, 4) is 0 Å². The lowest BCUT2D eigenvalue weighted by Crippen LogP contribution is -2.61. The fourth-order valence-corrected chi connectivity index (χ4v) is 3.06. The molecule has 1 aliphatic rings. The monoisotopic (exact) mass is 288 g/mol. The summed E-state index contributed by atoms with van der Waals surface area (Å²) in [6, 6.07) is 8.64. The largest absolute Gasteiger partial charge is 0.339 e. The molecule has 1 aromatic carbocycles. The van der Waals surface area contributed by atoms with Crippen LogP contribution in [-0.2, 0) is 9.59 Å². The zero-order valence-corrected chi connectivity index (χ0v) is 13.0. The van der Waals surface area contributed by atoms with Crippen molar-refractivity contribution in [2.75, 3.05) is 0 Å². The molecule has 0 bridgehead atoms. The highest BCUT2D eigenvalue weighted by Crippen LogP contribution is 2.26. The van der Waals surface area contributed by atoms with Crippen molar-refractivity contribution >= 4 is 11.8 Å². The van der Waals surface area contributed by atoms with E-state index in [1.165, 1.54) is 0 Å². The first-order valence-corrected chi connectivity index (χ1v) is 7.77. The van der Waals surface area contributed by atoms with Gasteiger partial charge in [-0.25, -0.2) is 0 Å². The number of rotatable bonds is 5. The summed E-state index contributed by atoms with van der Waals surface area (Å²) in [5.74, 6) is -0.0393. The summed E-state index contributed by atoms with van der Waals surface area (Å²) in [4.78, 5) is 27.0. The molecule has 1 aromatic rings. The first-order chi connectivity index (χ1) is 10.1. The fourth-order valence-electron chi connectivity index (χ4n) is 3.06. The van der Waals surface area contributed by atoms with Crippen LogP contribution >= 0.6 is 0 Å². The Bertz CT molecular complexity index is 501. The lowest BCUT2D eigenvalue weighted by atomic mass is 9.96. The second-order valence-corrected chi connectivity index (χ2v) is 5.66. The first kappa shape index (κ1) is 15.5. The van der Waals surface area contributed by atoms with Gasteiger partial charge in [0.2, 0.25) is 5.91 Å². The summed E-state index contributed by atoms with van der Waals surface area (Å²) in [6.07, 6.45) is 2.56. The second-order valence-electron chi connectivity index (χ2n) is 5.66. The Hall–Kier alpha value is -1.84. The molecule has 0 saturated carbocycles. The van der Waals surface area contributed by atoms with Gasteiger partial charge in [0.15, 0.2) is 0 Å². The Labute approximate surface area is 126 Å². The summed E-state index contributed by atoms with van der Waals surface area (Å²) in [6.45, 7) is 6.08. The Kier molecular flexibility index (Phi) is 4.99. The fraction of sp³-hybridized carbons (Fsp3) is 0.529. The van der Waals surface area contributed by atoms with E-state index in [0.717, 1.165) is 18.4 Å². The molecule has 1 fully saturated rings. The minimum Gasteiger partial charge on any atom is -0.339 e. The average Bonchev–Trinajstić information content (AvgIpc) is 2.49. The maximum Gasteiger partial charge on any atom is 0.250 e. The van der Waals surface area contributed by atoms with E-state index in [2.05, 4.69) is 12.2 Å². The summed E-state index contributed by atoms with van der Waals surface area (Å²) < 4.78 is 0. The van der Waals surface area contributed by atoms with Crippen molar-refractivity contribution in [2.45, 2.75) is 58.2 Å². The van der Waals surface area contributed by atoms with Gasteiger partial charge in [-0.1, -0.05) is 50.6 Å². The Morgan fingerprint density at radius 2 is 1.86 bits per heavy atom. The Balaban J connectivity index is 2.31. The van der Waals surface area contributed by atoms with Gasteiger partial charge < -0.3 is 10.2 Å². The molecule has 0 aromatic heterocycles. The van der Waals surface area contributed by atoms with Crippen molar-refractivity contribution < 1.29 is 9.59 Å². The van der Waals surface area contributed by atoms with Gasteiger partial charge in [0.25, 0.3) is 5.91 Å². The van der Waals surface area contributed by atoms with E-state index in [4.69, 9.17) is 0 Å². The van der Waals surface area contributed by atoms with E-state index in [9.17, 15) is 9.59 Å². The van der Waals surface area contributed by atoms with Gasteiger partial charge in [-0.2, -0.15) is 0 Å². The highest BCUT2D eigenvalue weighted by molar-refractivity contribution is 5.97. The Morgan fingerprint density at radius 3 is 2.43 bits per heavy atom. The van der Waals surface area contributed by atoms with E-state index in [-0.39, 0.29) is 23.9 Å². The van der Waals surface area contributed by atoms with Crippen LogP contribution in [0.1, 0.15) is 51.6 Å². The predicted molar refractivity (Wildman–Crippen MR) is 82.6 cm³/mol. The highest BCUT2D eigenvalue weighted by Gasteiger charge is 2.41. The molecule has 3 atom stereocenters.